The standard InChI is InChI=1S/C21H27ClF3N5O2/c1-13-5-6-15(28-19(31)32-20(2,3)4)11-30(13)17-7-18(22)26-9-16(17)14-8-27-29(10-14)12-21(23,24)25/h7-10,13,15H,5-6,11-12H2,1-4H3,(H,28,31)/t13-,15+/m1/s1. The number of alkyl halides is 3. The Morgan fingerprint density at radius 2 is 2.00 bits per heavy atom. The molecule has 0 bridgehead atoms. The van der Waals surface area contributed by atoms with E-state index in [1.54, 1.807) is 26.8 Å². The lowest BCUT2D eigenvalue weighted by atomic mass is 9.97. The summed E-state index contributed by atoms with van der Waals surface area (Å²) in [6, 6.07) is 1.65. The summed E-state index contributed by atoms with van der Waals surface area (Å²) >= 11 is 6.16. The smallest absolute Gasteiger partial charge is 0.408 e. The first-order valence-corrected chi connectivity index (χ1v) is 10.7. The Morgan fingerprint density at radius 1 is 1.28 bits per heavy atom. The first-order chi connectivity index (χ1) is 14.8. The van der Waals surface area contributed by atoms with Gasteiger partial charge in [0.15, 0.2) is 0 Å². The molecule has 1 saturated heterocycles. The Kier molecular flexibility index (Phi) is 6.92. The zero-order valence-corrected chi connectivity index (χ0v) is 19.2. The minimum absolute atomic E-state index is 0.120. The zero-order chi connectivity index (χ0) is 23.7. The molecule has 0 radical (unpaired) electrons. The molecule has 2 aromatic heterocycles. The van der Waals surface area contributed by atoms with Crippen molar-refractivity contribution < 1.29 is 22.7 Å². The predicted octanol–water partition coefficient (Wildman–Crippen LogP) is 5.04. The maximum absolute atomic E-state index is 12.7. The molecule has 32 heavy (non-hydrogen) atoms. The fourth-order valence-corrected chi connectivity index (χ4v) is 3.84. The largest absolute Gasteiger partial charge is 0.444 e. The molecule has 11 heteroatoms. The molecule has 0 aromatic carbocycles. The van der Waals surface area contributed by atoms with Crippen molar-refractivity contribution in [2.24, 2.45) is 0 Å². The Hall–Kier alpha value is -2.49. The van der Waals surface area contributed by atoms with Gasteiger partial charge in [-0.2, -0.15) is 18.3 Å². The van der Waals surface area contributed by atoms with Crippen molar-refractivity contribution in [1.82, 2.24) is 20.1 Å². The predicted molar refractivity (Wildman–Crippen MR) is 116 cm³/mol. The van der Waals surface area contributed by atoms with Gasteiger partial charge in [-0.05, 0) is 46.6 Å². The average Bonchev–Trinajstić information content (AvgIpc) is 3.08. The number of ether oxygens (including phenoxy) is 1. The molecule has 1 amide bonds. The molecule has 3 rings (SSSR count). The molecule has 3 heterocycles. The summed E-state index contributed by atoms with van der Waals surface area (Å²) in [6.45, 7) is 6.76. The van der Waals surface area contributed by atoms with Crippen LogP contribution in [0.15, 0.2) is 24.7 Å². The molecule has 1 aliphatic rings. The molecule has 0 aliphatic carbocycles. The lowest BCUT2D eigenvalue weighted by Gasteiger charge is -2.40. The first kappa shape index (κ1) is 24.2. The summed E-state index contributed by atoms with van der Waals surface area (Å²) in [5.41, 5.74) is 1.24. The van der Waals surface area contributed by atoms with E-state index in [9.17, 15) is 18.0 Å². The number of amides is 1. The number of rotatable bonds is 4. The summed E-state index contributed by atoms with van der Waals surface area (Å²) in [6.07, 6.45) is 0.967. The third kappa shape index (κ3) is 6.51. The molecular weight excluding hydrogens is 447 g/mol. The maximum Gasteiger partial charge on any atom is 0.408 e. The van der Waals surface area contributed by atoms with Crippen LogP contribution in [0.5, 0.6) is 0 Å². The van der Waals surface area contributed by atoms with Gasteiger partial charge < -0.3 is 15.0 Å². The quantitative estimate of drug-likeness (QED) is 0.629. The highest BCUT2D eigenvalue weighted by Crippen LogP contribution is 2.36. The van der Waals surface area contributed by atoms with Crippen molar-refractivity contribution in [1.29, 1.82) is 0 Å². The number of halogens is 4. The summed E-state index contributed by atoms with van der Waals surface area (Å²) < 4.78 is 44.4. The molecule has 1 aliphatic heterocycles. The second-order valence-corrected chi connectivity index (χ2v) is 9.38. The number of hydrogen-bond acceptors (Lipinski definition) is 5. The molecule has 0 saturated carbocycles. The topological polar surface area (TPSA) is 72.3 Å². The van der Waals surface area contributed by atoms with Gasteiger partial charge in [0.2, 0.25) is 0 Å². The second kappa shape index (κ2) is 9.17. The van der Waals surface area contributed by atoms with Gasteiger partial charge in [-0.15, -0.1) is 0 Å². The average molecular weight is 474 g/mol. The van der Waals surface area contributed by atoms with E-state index in [4.69, 9.17) is 16.3 Å². The Bertz CT molecular complexity index is 958. The molecule has 1 N–H and O–H groups in total. The number of hydrogen-bond donors (Lipinski definition) is 1. The van der Waals surface area contributed by atoms with Gasteiger partial charge in [0.1, 0.15) is 17.3 Å². The van der Waals surface area contributed by atoms with Crippen molar-refractivity contribution in [3.63, 3.8) is 0 Å². The summed E-state index contributed by atoms with van der Waals surface area (Å²) in [4.78, 5) is 18.4. The maximum atomic E-state index is 12.7. The van der Waals surface area contributed by atoms with Gasteiger partial charge in [-0.25, -0.2) is 9.78 Å². The van der Waals surface area contributed by atoms with E-state index < -0.39 is 24.4 Å². The Balaban J connectivity index is 1.84. The summed E-state index contributed by atoms with van der Waals surface area (Å²) in [5, 5.41) is 7.01. The fraction of sp³-hybridized carbons (Fsp3) is 0.571. The van der Waals surface area contributed by atoms with E-state index in [-0.39, 0.29) is 17.2 Å². The fourth-order valence-electron chi connectivity index (χ4n) is 3.69. The molecule has 2 atom stereocenters. The molecule has 1 fully saturated rings. The molecule has 0 unspecified atom stereocenters. The minimum atomic E-state index is -4.37. The van der Waals surface area contributed by atoms with Gasteiger partial charge in [-0.3, -0.25) is 4.68 Å². The molecular formula is C21H27ClF3N5O2. The Morgan fingerprint density at radius 3 is 2.66 bits per heavy atom. The van der Waals surface area contributed by atoms with E-state index >= 15 is 0 Å². The van der Waals surface area contributed by atoms with Gasteiger partial charge >= 0.3 is 12.3 Å². The number of alkyl carbamates (subject to hydrolysis) is 1. The van der Waals surface area contributed by atoms with Crippen LogP contribution in [0.3, 0.4) is 0 Å². The molecule has 7 nitrogen and oxygen atoms in total. The zero-order valence-electron chi connectivity index (χ0n) is 18.4. The summed E-state index contributed by atoms with van der Waals surface area (Å²) in [5.74, 6) is 0. The molecule has 0 spiro atoms. The van der Waals surface area contributed by atoms with Crippen LogP contribution >= 0.6 is 11.6 Å². The van der Waals surface area contributed by atoms with Crippen LogP contribution in [-0.2, 0) is 11.3 Å². The van der Waals surface area contributed by atoms with Crippen molar-refractivity contribution in [2.75, 3.05) is 11.4 Å². The van der Waals surface area contributed by atoms with Crippen molar-refractivity contribution in [2.45, 2.75) is 70.9 Å². The normalized spacial score (nSPS) is 19.7. The van der Waals surface area contributed by atoms with Crippen molar-refractivity contribution in [3.8, 4) is 11.1 Å². The second-order valence-electron chi connectivity index (χ2n) is 8.99. The number of piperidine rings is 1. The van der Waals surface area contributed by atoms with Crippen LogP contribution in [0.1, 0.15) is 40.5 Å². The van der Waals surface area contributed by atoms with Crippen LogP contribution in [0.2, 0.25) is 5.15 Å². The van der Waals surface area contributed by atoms with Crippen LogP contribution < -0.4 is 10.2 Å². The van der Waals surface area contributed by atoms with Crippen LogP contribution in [0.25, 0.3) is 11.1 Å². The van der Waals surface area contributed by atoms with E-state index in [0.29, 0.717) is 17.7 Å². The van der Waals surface area contributed by atoms with Gasteiger partial charge in [0.25, 0.3) is 0 Å². The van der Waals surface area contributed by atoms with E-state index in [1.807, 2.05) is 0 Å². The summed E-state index contributed by atoms with van der Waals surface area (Å²) in [7, 11) is 0. The minimum Gasteiger partial charge on any atom is -0.444 e. The van der Waals surface area contributed by atoms with Crippen molar-refractivity contribution in [3.05, 3.63) is 29.8 Å². The lowest BCUT2D eigenvalue weighted by Crippen LogP contribution is -2.52. The molecule has 2 aromatic rings. The number of nitrogens with zero attached hydrogens (tertiary/aromatic N) is 4. The van der Waals surface area contributed by atoms with E-state index in [2.05, 4.69) is 27.2 Å². The number of anilines is 1. The van der Waals surface area contributed by atoms with Gasteiger partial charge in [0.05, 0.1) is 6.20 Å². The highest BCUT2D eigenvalue weighted by Gasteiger charge is 2.31. The first-order valence-electron chi connectivity index (χ1n) is 10.3. The third-order valence-corrected chi connectivity index (χ3v) is 5.25. The monoisotopic (exact) mass is 473 g/mol. The Labute approximate surface area is 189 Å². The molecule has 176 valence electrons. The number of nitrogens with one attached hydrogen (secondary N) is 1. The highest BCUT2D eigenvalue weighted by molar-refractivity contribution is 6.29. The van der Waals surface area contributed by atoms with E-state index in [1.165, 1.54) is 18.6 Å². The number of aromatic nitrogens is 3. The van der Waals surface area contributed by atoms with Crippen LogP contribution in [0, 0.1) is 0 Å². The van der Waals surface area contributed by atoms with E-state index in [0.717, 1.165) is 23.2 Å². The highest BCUT2D eigenvalue weighted by atomic mass is 35.5. The van der Waals surface area contributed by atoms with Gasteiger partial charge in [0, 0.05) is 47.8 Å². The van der Waals surface area contributed by atoms with Crippen molar-refractivity contribution >= 4 is 23.4 Å². The number of pyridine rings is 1. The SMILES string of the molecule is C[C@@H]1CC[C@H](NC(=O)OC(C)(C)C)CN1c1cc(Cl)ncc1-c1cnn(CC(F)(F)F)c1. The lowest BCUT2D eigenvalue weighted by molar-refractivity contribution is -0.142. The third-order valence-electron chi connectivity index (χ3n) is 5.05. The number of carbonyl (C=O) groups is 1. The number of carbonyl (C=O) groups excluding carboxylic acids is 1. The van der Waals surface area contributed by atoms with Crippen LogP contribution in [0.4, 0.5) is 23.7 Å². The van der Waals surface area contributed by atoms with Gasteiger partial charge in [-0.1, -0.05) is 11.6 Å². The van der Waals surface area contributed by atoms with Crippen LogP contribution in [-0.4, -0.2) is 51.3 Å².